The van der Waals surface area contributed by atoms with Crippen LogP contribution in [0.25, 0.3) is 0 Å². The van der Waals surface area contributed by atoms with E-state index < -0.39 is 0 Å². The Balaban J connectivity index is 2.01. The summed E-state index contributed by atoms with van der Waals surface area (Å²) in [4.78, 5) is 17.9. The number of aromatic nitrogens is 1. The molecule has 0 aromatic carbocycles. The minimum atomic E-state index is 0.274. The molecule has 1 unspecified atom stereocenters. The lowest BCUT2D eigenvalue weighted by Crippen LogP contribution is -2.38. The molecule has 1 amide bonds. The summed E-state index contributed by atoms with van der Waals surface area (Å²) in [6, 6.07) is 0. The number of carbonyl (C=O) groups is 1. The van der Waals surface area contributed by atoms with Crippen molar-refractivity contribution in [3.63, 3.8) is 0 Å². The van der Waals surface area contributed by atoms with Crippen LogP contribution in [-0.2, 0) is 4.79 Å². The molecule has 1 aliphatic rings. The molecule has 1 fully saturated rings. The second-order valence-corrected chi connectivity index (χ2v) is 4.83. The molecular formula is C11H16N2OS. The summed E-state index contributed by atoms with van der Waals surface area (Å²) < 4.78 is 0. The molecule has 1 aromatic heterocycles. The lowest BCUT2D eigenvalue weighted by molar-refractivity contribution is -0.132. The molecule has 0 saturated carbocycles. The summed E-state index contributed by atoms with van der Waals surface area (Å²) in [7, 11) is 0. The molecular weight excluding hydrogens is 208 g/mol. The van der Waals surface area contributed by atoms with Gasteiger partial charge in [-0.25, -0.2) is 4.98 Å². The Morgan fingerprint density at radius 2 is 2.60 bits per heavy atom. The Morgan fingerprint density at radius 3 is 3.27 bits per heavy atom. The molecule has 2 rings (SSSR count). The van der Waals surface area contributed by atoms with Crippen molar-refractivity contribution < 1.29 is 4.79 Å². The summed E-state index contributed by atoms with van der Waals surface area (Å²) in [5.41, 5.74) is 0. The molecule has 1 saturated heterocycles. The fourth-order valence-corrected chi connectivity index (χ4v) is 2.83. The van der Waals surface area contributed by atoms with E-state index >= 15 is 0 Å². The molecule has 0 spiro atoms. The molecule has 3 nitrogen and oxygen atoms in total. The first-order chi connectivity index (χ1) is 7.31. The molecule has 15 heavy (non-hydrogen) atoms. The van der Waals surface area contributed by atoms with Crippen molar-refractivity contribution in [2.45, 2.75) is 32.1 Å². The number of hydrogen-bond acceptors (Lipinski definition) is 3. The van der Waals surface area contributed by atoms with Crippen molar-refractivity contribution in [1.29, 1.82) is 0 Å². The monoisotopic (exact) mass is 224 g/mol. The summed E-state index contributed by atoms with van der Waals surface area (Å²) in [5, 5.41) is 3.19. The number of amides is 1. The van der Waals surface area contributed by atoms with Gasteiger partial charge >= 0.3 is 0 Å². The highest BCUT2D eigenvalue weighted by Crippen LogP contribution is 2.28. The van der Waals surface area contributed by atoms with E-state index in [0.717, 1.165) is 19.5 Å². The van der Waals surface area contributed by atoms with E-state index in [0.29, 0.717) is 12.3 Å². The van der Waals surface area contributed by atoms with Gasteiger partial charge in [0.15, 0.2) is 0 Å². The van der Waals surface area contributed by atoms with Gasteiger partial charge in [0.1, 0.15) is 0 Å². The normalized spacial score (nSPS) is 21.7. The second-order valence-electron chi connectivity index (χ2n) is 3.90. The van der Waals surface area contributed by atoms with Gasteiger partial charge in [-0.15, -0.1) is 11.3 Å². The largest absolute Gasteiger partial charge is 0.342 e. The van der Waals surface area contributed by atoms with Crippen LogP contribution in [0.4, 0.5) is 0 Å². The van der Waals surface area contributed by atoms with Gasteiger partial charge in [0.05, 0.1) is 5.01 Å². The van der Waals surface area contributed by atoms with Gasteiger partial charge in [-0.1, -0.05) is 6.92 Å². The first-order valence-corrected chi connectivity index (χ1v) is 6.36. The Hall–Kier alpha value is -0.900. The fraction of sp³-hybridized carbons (Fsp3) is 0.636. The number of piperidine rings is 1. The van der Waals surface area contributed by atoms with Gasteiger partial charge in [-0.05, 0) is 12.8 Å². The Labute approximate surface area is 94.1 Å². The predicted octanol–water partition coefficient (Wildman–Crippen LogP) is 2.26. The van der Waals surface area contributed by atoms with Crippen LogP contribution in [0, 0.1) is 0 Å². The molecule has 0 aliphatic carbocycles. The Kier molecular flexibility index (Phi) is 3.36. The molecule has 2 heterocycles. The van der Waals surface area contributed by atoms with Crippen LogP contribution in [0.15, 0.2) is 11.6 Å². The smallest absolute Gasteiger partial charge is 0.222 e. The predicted molar refractivity (Wildman–Crippen MR) is 61.0 cm³/mol. The average Bonchev–Trinajstić information content (AvgIpc) is 2.82. The maximum absolute atomic E-state index is 11.6. The zero-order valence-corrected chi connectivity index (χ0v) is 9.80. The first-order valence-electron chi connectivity index (χ1n) is 5.48. The van der Waals surface area contributed by atoms with Crippen LogP contribution in [0.5, 0.6) is 0 Å². The highest BCUT2D eigenvalue weighted by atomic mass is 32.1. The highest BCUT2D eigenvalue weighted by molar-refractivity contribution is 7.09. The van der Waals surface area contributed by atoms with Crippen molar-refractivity contribution in [3.05, 3.63) is 16.6 Å². The molecule has 1 aromatic rings. The SMILES string of the molecule is CCC(=O)N1CCCC(c2nccs2)C1. The molecule has 1 aliphatic heterocycles. The van der Waals surface area contributed by atoms with E-state index in [1.54, 1.807) is 11.3 Å². The molecule has 4 heteroatoms. The van der Waals surface area contributed by atoms with E-state index in [-0.39, 0.29) is 5.91 Å². The molecule has 0 radical (unpaired) electrons. The van der Waals surface area contributed by atoms with Crippen molar-refractivity contribution in [1.82, 2.24) is 9.88 Å². The summed E-state index contributed by atoms with van der Waals surface area (Å²) in [6.45, 7) is 3.71. The van der Waals surface area contributed by atoms with Gasteiger partial charge in [0.2, 0.25) is 5.91 Å². The molecule has 0 bridgehead atoms. The van der Waals surface area contributed by atoms with Gasteiger partial charge in [-0.2, -0.15) is 0 Å². The van der Waals surface area contributed by atoms with Gasteiger partial charge in [0.25, 0.3) is 0 Å². The Bertz CT molecular complexity index is 323. The topological polar surface area (TPSA) is 33.2 Å². The van der Waals surface area contributed by atoms with E-state index in [4.69, 9.17) is 0 Å². The minimum Gasteiger partial charge on any atom is -0.342 e. The summed E-state index contributed by atoms with van der Waals surface area (Å²) in [5.74, 6) is 0.741. The van der Waals surface area contributed by atoms with Crippen LogP contribution in [0.2, 0.25) is 0 Å². The van der Waals surface area contributed by atoms with Gasteiger partial charge < -0.3 is 4.90 Å². The zero-order chi connectivity index (χ0) is 10.7. The maximum atomic E-state index is 11.6. The van der Waals surface area contributed by atoms with Crippen LogP contribution in [0.1, 0.15) is 37.1 Å². The number of nitrogens with zero attached hydrogens (tertiary/aromatic N) is 2. The fourth-order valence-electron chi connectivity index (χ4n) is 2.06. The highest BCUT2D eigenvalue weighted by Gasteiger charge is 2.24. The van der Waals surface area contributed by atoms with E-state index in [2.05, 4.69) is 4.98 Å². The Morgan fingerprint density at radius 1 is 1.73 bits per heavy atom. The quantitative estimate of drug-likeness (QED) is 0.772. The average molecular weight is 224 g/mol. The number of likely N-dealkylation sites (tertiary alicyclic amines) is 1. The van der Waals surface area contributed by atoms with Gasteiger partial charge in [-0.3, -0.25) is 4.79 Å². The first kappa shape index (κ1) is 10.6. The van der Waals surface area contributed by atoms with Crippen LogP contribution >= 0.6 is 11.3 Å². The summed E-state index contributed by atoms with van der Waals surface area (Å²) >= 11 is 1.70. The number of carbonyl (C=O) groups excluding carboxylic acids is 1. The number of rotatable bonds is 2. The molecule has 0 N–H and O–H groups in total. The second kappa shape index (κ2) is 4.75. The van der Waals surface area contributed by atoms with Crippen LogP contribution in [-0.4, -0.2) is 28.9 Å². The molecule has 82 valence electrons. The zero-order valence-electron chi connectivity index (χ0n) is 8.98. The third-order valence-corrected chi connectivity index (χ3v) is 3.82. The van der Waals surface area contributed by atoms with E-state index in [9.17, 15) is 4.79 Å². The third-order valence-electron chi connectivity index (χ3n) is 2.88. The van der Waals surface area contributed by atoms with E-state index in [1.807, 2.05) is 23.4 Å². The number of thiazole rings is 1. The standard InChI is InChI=1S/C11H16N2OS/c1-2-10(14)13-6-3-4-9(8-13)11-12-5-7-15-11/h5,7,9H,2-4,6,8H2,1H3. The van der Waals surface area contributed by atoms with Crippen molar-refractivity contribution in [2.75, 3.05) is 13.1 Å². The van der Waals surface area contributed by atoms with Crippen molar-refractivity contribution in [2.24, 2.45) is 0 Å². The summed E-state index contributed by atoms with van der Waals surface area (Å²) in [6.07, 6.45) is 4.74. The number of hydrogen-bond donors (Lipinski definition) is 0. The molecule has 1 atom stereocenters. The van der Waals surface area contributed by atoms with Crippen molar-refractivity contribution in [3.8, 4) is 0 Å². The third kappa shape index (κ3) is 2.37. The lowest BCUT2D eigenvalue weighted by atomic mass is 9.98. The van der Waals surface area contributed by atoms with E-state index in [1.165, 1.54) is 11.4 Å². The minimum absolute atomic E-state index is 0.274. The lowest BCUT2D eigenvalue weighted by Gasteiger charge is -2.31. The van der Waals surface area contributed by atoms with Crippen molar-refractivity contribution >= 4 is 17.2 Å². The maximum Gasteiger partial charge on any atom is 0.222 e. The van der Waals surface area contributed by atoms with Crippen LogP contribution < -0.4 is 0 Å². The van der Waals surface area contributed by atoms with Gasteiger partial charge in [0, 0.05) is 37.0 Å². The van der Waals surface area contributed by atoms with Crippen LogP contribution in [0.3, 0.4) is 0 Å².